The zero-order chi connectivity index (χ0) is 18.7. The van der Waals surface area contributed by atoms with Crippen LogP contribution in [-0.2, 0) is 4.79 Å². The Bertz CT molecular complexity index is 761. The maximum atomic E-state index is 13.1. The highest BCUT2D eigenvalue weighted by Crippen LogP contribution is 2.26. The van der Waals surface area contributed by atoms with E-state index < -0.39 is 0 Å². The number of halogens is 1. The van der Waals surface area contributed by atoms with Crippen molar-refractivity contribution in [3.05, 3.63) is 58.0 Å². The molecule has 0 bridgehead atoms. The molecule has 138 valence electrons. The van der Waals surface area contributed by atoms with Gasteiger partial charge in [-0.05, 0) is 48.9 Å². The van der Waals surface area contributed by atoms with Crippen LogP contribution in [0.2, 0.25) is 0 Å². The normalized spacial score (nSPS) is 18.4. The molecule has 0 spiro atoms. The fraction of sp³-hybridized carbons (Fsp3) is 0.400. The molecule has 2 atom stereocenters. The molecule has 1 aliphatic heterocycles. The van der Waals surface area contributed by atoms with Crippen molar-refractivity contribution >= 4 is 23.2 Å². The molecular formula is C20H23FN2O2S. The summed E-state index contributed by atoms with van der Waals surface area (Å²) in [4.78, 5) is 29.7. The van der Waals surface area contributed by atoms with E-state index >= 15 is 0 Å². The molecule has 0 N–H and O–H groups in total. The number of rotatable bonds is 4. The number of thiophene rings is 1. The van der Waals surface area contributed by atoms with Crippen LogP contribution in [0.4, 0.5) is 4.39 Å². The van der Waals surface area contributed by atoms with Crippen molar-refractivity contribution in [1.29, 1.82) is 0 Å². The Kier molecular flexibility index (Phi) is 5.71. The Morgan fingerprint density at radius 2 is 2.00 bits per heavy atom. The van der Waals surface area contributed by atoms with Crippen LogP contribution in [0.15, 0.2) is 41.8 Å². The zero-order valence-corrected chi connectivity index (χ0v) is 15.8. The predicted molar refractivity (Wildman–Crippen MR) is 101 cm³/mol. The summed E-state index contributed by atoms with van der Waals surface area (Å²) < 4.78 is 13.1. The van der Waals surface area contributed by atoms with Gasteiger partial charge >= 0.3 is 0 Å². The summed E-state index contributed by atoms with van der Waals surface area (Å²) in [5.41, 5.74) is 0.893. The van der Waals surface area contributed by atoms with Crippen LogP contribution in [0, 0.1) is 11.7 Å². The molecule has 1 saturated heterocycles. The molecule has 1 aromatic heterocycles. The second-order valence-electron chi connectivity index (χ2n) is 6.74. The molecular weight excluding hydrogens is 351 g/mol. The van der Waals surface area contributed by atoms with Crippen LogP contribution in [0.1, 0.15) is 41.0 Å². The standard InChI is InChI=1S/C20H23FN2O2S/c1-14(15-7-9-17(21)10-8-15)22(2)19(24)16-5-3-11-23(13-16)20(25)18-6-4-12-26-18/h4,6-10,12,14,16H,3,5,11,13H2,1-2H3. The predicted octanol–water partition coefficient (Wildman–Crippen LogP) is 3.96. The van der Waals surface area contributed by atoms with Crippen molar-refractivity contribution in [1.82, 2.24) is 9.80 Å². The summed E-state index contributed by atoms with van der Waals surface area (Å²) in [6.07, 6.45) is 1.61. The molecule has 0 radical (unpaired) electrons. The van der Waals surface area contributed by atoms with Gasteiger partial charge in [0.25, 0.3) is 5.91 Å². The zero-order valence-electron chi connectivity index (χ0n) is 15.0. The number of carbonyl (C=O) groups excluding carboxylic acids is 2. The van der Waals surface area contributed by atoms with Gasteiger partial charge in [0, 0.05) is 20.1 Å². The minimum atomic E-state index is -0.287. The number of benzene rings is 1. The van der Waals surface area contributed by atoms with Gasteiger partial charge in [-0.3, -0.25) is 9.59 Å². The second-order valence-corrected chi connectivity index (χ2v) is 7.69. The van der Waals surface area contributed by atoms with Gasteiger partial charge in [0.2, 0.25) is 5.91 Å². The summed E-state index contributed by atoms with van der Waals surface area (Å²) >= 11 is 1.43. The fourth-order valence-corrected chi connectivity index (χ4v) is 4.05. The number of carbonyl (C=O) groups is 2. The van der Waals surface area contributed by atoms with E-state index in [1.165, 1.54) is 23.5 Å². The van der Waals surface area contributed by atoms with E-state index in [-0.39, 0.29) is 29.6 Å². The molecule has 26 heavy (non-hydrogen) atoms. The van der Waals surface area contributed by atoms with E-state index in [9.17, 15) is 14.0 Å². The number of hydrogen-bond acceptors (Lipinski definition) is 3. The largest absolute Gasteiger partial charge is 0.339 e. The summed E-state index contributed by atoms with van der Waals surface area (Å²) in [6.45, 7) is 3.08. The van der Waals surface area contributed by atoms with Crippen molar-refractivity contribution in [3.8, 4) is 0 Å². The number of nitrogens with zero attached hydrogens (tertiary/aromatic N) is 2. The lowest BCUT2D eigenvalue weighted by Gasteiger charge is -2.35. The monoisotopic (exact) mass is 374 g/mol. The molecule has 1 aromatic carbocycles. The van der Waals surface area contributed by atoms with E-state index in [2.05, 4.69) is 0 Å². The third-order valence-electron chi connectivity index (χ3n) is 5.07. The molecule has 2 heterocycles. The first-order valence-corrected chi connectivity index (χ1v) is 9.70. The smallest absolute Gasteiger partial charge is 0.263 e. The Morgan fingerprint density at radius 1 is 1.27 bits per heavy atom. The van der Waals surface area contributed by atoms with E-state index in [4.69, 9.17) is 0 Å². The first-order valence-electron chi connectivity index (χ1n) is 8.82. The first kappa shape index (κ1) is 18.6. The number of amides is 2. The lowest BCUT2D eigenvalue weighted by atomic mass is 9.95. The number of piperidine rings is 1. The summed E-state index contributed by atoms with van der Waals surface area (Å²) in [6, 6.07) is 9.77. The lowest BCUT2D eigenvalue weighted by molar-refractivity contribution is -0.137. The number of likely N-dealkylation sites (tertiary alicyclic amines) is 1. The Balaban J connectivity index is 1.66. The van der Waals surface area contributed by atoms with Gasteiger partial charge in [0.1, 0.15) is 5.82 Å². The molecule has 2 aromatic rings. The maximum Gasteiger partial charge on any atom is 0.263 e. The second kappa shape index (κ2) is 7.99. The van der Waals surface area contributed by atoms with Crippen molar-refractivity contribution in [2.24, 2.45) is 5.92 Å². The minimum Gasteiger partial charge on any atom is -0.339 e. The first-order chi connectivity index (χ1) is 12.5. The molecule has 1 fully saturated rings. The van der Waals surface area contributed by atoms with Crippen LogP contribution in [0.5, 0.6) is 0 Å². The molecule has 2 amide bonds. The molecule has 0 aliphatic carbocycles. The summed E-state index contributed by atoms with van der Waals surface area (Å²) in [5.74, 6) is -0.442. The highest BCUT2D eigenvalue weighted by atomic mass is 32.1. The van der Waals surface area contributed by atoms with Crippen molar-refractivity contribution in [3.63, 3.8) is 0 Å². The fourth-order valence-electron chi connectivity index (χ4n) is 3.36. The Hall–Kier alpha value is -2.21. The average molecular weight is 374 g/mol. The van der Waals surface area contributed by atoms with Gasteiger partial charge in [-0.25, -0.2) is 4.39 Å². The average Bonchev–Trinajstić information content (AvgIpc) is 3.21. The summed E-state index contributed by atoms with van der Waals surface area (Å²) in [7, 11) is 1.77. The highest BCUT2D eigenvalue weighted by molar-refractivity contribution is 7.12. The molecule has 2 unspecified atom stereocenters. The van der Waals surface area contributed by atoms with Gasteiger partial charge in [0.05, 0.1) is 16.8 Å². The molecule has 6 heteroatoms. The van der Waals surface area contributed by atoms with E-state index in [0.717, 1.165) is 18.4 Å². The highest BCUT2D eigenvalue weighted by Gasteiger charge is 2.32. The molecule has 4 nitrogen and oxygen atoms in total. The molecule has 1 aliphatic rings. The van der Waals surface area contributed by atoms with Crippen LogP contribution in [0.3, 0.4) is 0 Å². The molecule has 0 saturated carbocycles. The quantitative estimate of drug-likeness (QED) is 0.813. The van der Waals surface area contributed by atoms with Gasteiger partial charge in [-0.2, -0.15) is 0 Å². The van der Waals surface area contributed by atoms with Gasteiger partial charge in [0.15, 0.2) is 0 Å². The third-order valence-corrected chi connectivity index (χ3v) is 5.93. The lowest BCUT2D eigenvalue weighted by Crippen LogP contribution is -2.46. The van der Waals surface area contributed by atoms with Crippen molar-refractivity contribution < 1.29 is 14.0 Å². The van der Waals surface area contributed by atoms with Crippen LogP contribution in [-0.4, -0.2) is 41.8 Å². The van der Waals surface area contributed by atoms with E-state index in [0.29, 0.717) is 18.0 Å². The van der Waals surface area contributed by atoms with Gasteiger partial charge in [-0.15, -0.1) is 11.3 Å². The van der Waals surface area contributed by atoms with Crippen molar-refractivity contribution in [2.75, 3.05) is 20.1 Å². The van der Waals surface area contributed by atoms with E-state index in [1.807, 2.05) is 24.4 Å². The topological polar surface area (TPSA) is 40.6 Å². The third kappa shape index (κ3) is 3.96. The molecule has 3 rings (SSSR count). The maximum absolute atomic E-state index is 13.1. The Labute approximate surface area is 157 Å². The van der Waals surface area contributed by atoms with Gasteiger partial charge < -0.3 is 9.80 Å². The van der Waals surface area contributed by atoms with Crippen LogP contribution >= 0.6 is 11.3 Å². The Morgan fingerprint density at radius 3 is 2.65 bits per heavy atom. The number of hydrogen-bond donors (Lipinski definition) is 0. The van der Waals surface area contributed by atoms with Crippen molar-refractivity contribution in [2.45, 2.75) is 25.8 Å². The minimum absolute atomic E-state index is 0.00624. The van der Waals surface area contributed by atoms with E-state index in [1.54, 1.807) is 29.0 Å². The SMILES string of the molecule is CC(c1ccc(F)cc1)N(C)C(=O)C1CCCN(C(=O)c2cccs2)C1. The van der Waals surface area contributed by atoms with Crippen LogP contribution < -0.4 is 0 Å². The van der Waals surface area contributed by atoms with Gasteiger partial charge in [-0.1, -0.05) is 18.2 Å². The van der Waals surface area contributed by atoms with Crippen LogP contribution in [0.25, 0.3) is 0 Å². The summed E-state index contributed by atoms with van der Waals surface area (Å²) in [5, 5.41) is 1.89.